The molecule has 2 N–H and O–H groups in total. The topological polar surface area (TPSA) is 66.7 Å². The Bertz CT molecular complexity index is 697. The van der Waals surface area contributed by atoms with Gasteiger partial charge in [-0.1, -0.05) is 0 Å². The number of hydrogen-bond donors (Lipinski definition) is 2. The second-order valence-corrected chi connectivity index (χ2v) is 4.94. The lowest BCUT2D eigenvalue weighted by Crippen LogP contribution is -1.99. The quantitative estimate of drug-likeness (QED) is 0.751. The standard InChI is InChI=1S/C14H14N4O/c1-2-9(1)14-17-12-7-10(3-4-13(12)19-14)15-8-11-5-6-16-18-11/h3-7,9,15H,1-2,8H2,(H,16,18). The highest BCUT2D eigenvalue weighted by Crippen LogP contribution is 2.40. The van der Waals surface area contributed by atoms with Crippen LogP contribution in [-0.2, 0) is 6.54 Å². The zero-order valence-electron chi connectivity index (χ0n) is 10.4. The van der Waals surface area contributed by atoms with Gasteiger partial charge in [-0.15, -0.1) is 0 Å². The van der Waals surface area contributed by atoms with E-state index < -0.39 is 0 Å². The van der Waals surface area contributed by atoms with Gasteiger partial charge in [-0.25, -0.2) is 4.98 Å². The number of rotatable bonds is 4. The van der Waals surface area contributed by atoms with Crippen LogP contribution >= 0.6 is 0 Å². The van der Waals surface area contributed by atoms with Gasteiger partial charge in [-0.05, 0) is 37.1 Å². The van der Waals surface area contributed by atoms with Crippen molar-refractivity contribution in [3.63, 3.8) is 0 Å². The summed E-state index contributed by atoms with van der Waals surface area (Å²) in [6.45, 7) is 0.721. The lowest BCUT2D eigenvalue weighted by molar-refractivity contribution is 0.533. The SMILES string of the molecule is c1cc(CNc2ccc3oc(C4CC4)nc3c2)[nH]n1. The number of oxazole rings is 1. The Hall–Kier alpha value is -2.30. The number of anilines is 1. The van der Waals surface area contributed by atoms with E-state index in [0.717, 1.165) is 34.9 Å². The zero-order valence-corrected chi connectivity index (χ0v) is 10.4. The summed E-state index contributed by atoms with van der Waals surface area (Å²) < 4.78 is 5.74. The summed E-state index contributed by atoms with van der Waals surface area (Å²) in [6.07, 6.45) is 4.16. The molecular formula is C14H14N4O. The molecule has 0 spiro atoms. The predicted octanol–water partition coefficient (Wildman–Crippen LogP) is 3.04. The number of benzene rings is 1. The second-order valence-electron chi connectivity index (χ2n) is 4.94. The first-order valence-electron chi connectivity index (χ1n) is 6.51. The van der Waals surface area contributed by atoms with Gasteiger partial charge in [-0.2, -0.15) is 5.10 Å². The molecule has 19 heavy (non-hydrogen) atoms. The number of H-pyrrole nitrogens is 1. The highest BCUT2D eigenvalue weighted by atomic mass is 16.3. The van der Waals surface area contributed by atoms with E-state index in [1.807, 2.05) is 24.3 Å². The van der Waals surface area contributed by atoms with Crippen molar-refractivity contribution in [1.29, 1.82) is 0 Å². The van der Waals surface area contributed by atoms with Crippen LogP contribution in [0, 0.1) is 0 Å². The van der Waals surface area contributed by atoms with Crippen molar-refractivity contribution in [2.45, 2.75) is 25.3 Å². The molecule has 1 aliphatic carbocycles. The van der Waals surface area contributed by atoms with Crippen LogP contribution in [0.25, 0.3) is 11.1 Å². The molecule has 96 valence electrons. The summed E-state index contributed by atoms with van der Waals surface area (Å²) in [5.74, 6) is 1.44. The number of aromatic amines is 1. The minimum atomic E-state index is 0.550. The van der Waals surface area contributed by atoms with E-state index in [9.17, 15) is 0 Å². The van der Waals surface area contributed by atoms with Crippen LogP contribution in [0.1, 0.15) is 30.3 Å². The lowest BCUT2D eigenvalue weighted by atomic mass is 10.3. The molecule has 0 saturated heterocycles. The van der Waals surface area contributed by atoms with Crippen LogP contribution in [0.15, 0.2) is 34.9 Å². The summed E-state index contributed by atoms with van der Waals surface area (Å²) in [7, 11) is 0. The number of hydrogen-bond acceptors (Lipinski definition) is 4. The van der Waals surface area contributed by atoms with E-state index in [1.54, 1.807) is 6.20 Å². The van der Waals surface area contributed by atoms with Crippen LogP contribution in [0.3, 0.4) is 0 Å². The molecule has 0 unspecified atom stereocenters. The third kappa shape index (κ3) is 2.07. The third-order valence-corrected chi connectivity index (χ3v) is 3.37. The molecule has 0 bridgehead atoms. The average Bonchev–Trinajstić information content (AvgIpc) is 3.00. The molecule has 5 nitrogen and oxygen atoms in total. The van der Waals surface area contributed by atoms with E-state index in [-0.39, 0.29) is 0 Å². The van der Waals surface area contributed by atoms with Crippen LogP contribution < -0.4 is 5.32 Å². The Kier molecular flexibility index (Phi) is 2.30. The Morgan fingerprint density at radius 1 is 1.32 bits per heavy atom. The highest BCUT2D eigenvalue weighted by Gasteiger charge is 2.28. The zero-order chi connectivity index (χ0) is 12.7. The van der Waals surface area contributed by atoms with Gasteiger partial charge < -0.3 is 9.73 Å². The van der Waals surface area contributed by atoms with Gasteiger partial charge in [0.1, 0.15) is 5.52 Å². The maximum Gasteiger partial charge on any atom is 0.198 e. The van der Waals surface area contributed by atoms with E-state index in [2.05, 4.69) is 20.5 Å². The molecule has 0 radical (unpaired) electrons. The van der Waals surface area contributed by atoms with Crippen molar-refractivity contribution in [2.24, 2.45) is 0 Å². The molecule has 1 aliphatic rings. The maximum atomic E-state index is 5.74. The molecule has 2 aromatic heterocycles. The molecule has 1 saturated carbocycles. The first-order chi connectivity index (χ1) is 9.38. The molecule has 1 fully saturated rings. The summed E-state index contributed by atoms with van der Waals surface area (Å²) in [4.78, 5) is 4.55. The Morgan fingerprint density at radius 3 is 3.05 bits per heavy atom. The summed E-state index contributed by atoms with van der Waals surface area (Å²) in [5.41, 5.74) is 3.89. The second kappa shape index (κ2) is 4.12. The highest BCUT2D eigenvalue weighted by molar-refractivity contribution is 5.77. The van der Waals surface area contributed by atoms with E-state index in [1.165, 1.54) is 12.8 Å². The van der Waals surface area contributed by atoms with Gasteiger partial charge in [0.05, 0.1) is 12.2 Å². The van der Waals surface area contributed by atoms with Crippen molar-refractivity contribution < 1.29 is 4.42 Å². The number of fused-ring (bicyclic) bond motifs is 1. The van der Waals surface area contributed by atoms with Gasteiger partial charge in [-0.3, -0.25) is 5.10 Å². The van der Waals surface area contributed by atoms with E-state index >= 15 is 0 Å². The molecular weight excluding hydrogens is 240 g/mol. The van der Waals surface area contributed by atoms with Crippen molar-refractivity contribution in [3.05, 3.63) is 42.0 Å². The van der Waals surface area contributed by atoms with Crippen LogP contribution in [-0.4, -0.2) is 15.2 Å². The predicted molar refractivity (Wildman–Crippen MR) is 71.9 cm³/mol. The van der Waals surface area contributed by atoms with Crippen molar-refractivity contribution >= 4 is 16.8 Å². The fourth-order valence-electron chi connectivity index (χ4n) is 2.14. The molecule has 0 atom stereocenters. The fraction of sp³-hybridized carbons (Fsp3) is 0.286. The van der Waals surface area contributed by atoms with Crippen molar-refractivity contribution in [3.8, 4) is 0 Å². The summed E-state index contributed by atoms with van der Waals surface area (Å²) in [6, 6.07) is 7.97. The minimum absolute atomic E-state index is 0.550. The molecule has 0 amide bonds. The van der Waals surface area contributed by atoms with Crippen molar-refractivity contribution in [2.75, 3.05) is 5.32 Å². The summed E-state index contributed by atoms with van der Waals surface area (Å²) >= 11 is 0. The largest absolute Gasteiger partial charge is 0.440 e. The monoisotopic (exact) mass is 254 g/mol. The summed E-state index contributed by atoms with van der Waals surface area (Å²) in [5, 5.41) is 10.2. The van der Waals surface area contributed by atoms with Crippen LogP contribution in [0.2, 0.25) is 0 Å². The number of nitrogens with one attached hydrogen (secondary N) is 2. The van der Waals surface area contributed by atoms with Gasteiger partial charge in [0.15, 0.2) is 11.5 Å². The minimum Gasteiger partial charge on any atom is -0.440 e. The Balaban J connectivity index is 1.56. The molecule has 5 heteroatoms. The molecule has 0 aliphatic heterocycles. The Morgan fingerprint density at radius 2 is 2.26 bits per heavy atom. The smallest absolute Gasteiger partial charge is 0.198 e. The average molecular weight is 254 g/mol. The molecule has 2 heterocycles. The fourth-order valence-corrected chi connectivity index (χ4v) is 2.14. The molecule has 4 rings (SSSR count). The van der Waals surface area contributed by atoms with Crippen molar-refractivity contribution in [1.82, 2.24) is 15.2 Å². The first-order valence-corrected chi connectivity index (χ1v) is 6.51. The number of aromatic nitrogens is 3. The Labute approximate surface area is 110 Å². The molecule has 1 aromatic carbocycles. The number of nitrogens with zero attached hydrogens (tertiary/aromatic N) is 2. The maximum absolute atomic E-state index is 5.74. The lowest BCUT2D eigenvalue weighted by Gasteiger charge is -2.03. The van der Waals surface area contributed by atoms with Gasteiger partial charge >= 0.3 is 0 Å². The van der Waals surface area contributed by atoms with Gasteiger partial charge in [0, 0.05) is 17.8 Å². The third-order valence-electron chi connectivity index (χ3n) is 3.37. The molecule has 3 aromatic rings. The van der Waals surface area contributed by atoms with Crippen LogP contribution in [0.4, 0.5) is 5.69 Å². The van der Waals surface area contributed by atoms with E-state index in [4.69, 9.17) is 4.42 Å². The first kappa shape index (κ1) is 10.6. The normalized spacial score (nSPS) is 14.9. The van der Waals surface area contributed by atoms with Gasteiger partial charge in [0.2, 0.25) is 0 Å². The van der Waals surface area contributed by atoms with Crippen LogP contribution in [0.5, 0.6) is 0 Å². The van der Waals surface area contributed by atoms with E-state index in [0.29, 0.717) is 5.92 Å². The van der Waals surface area contributed by atoms with Gasteiger partial charge in [0.25, 0.3) is 0 Å².